The van der Waals surface area contributed by atoms with Crippen molar-refractivity contribution in [2.24, 2.45) is 0 Å². The van der Waals surface area contributed by atoms with Gasteiger partial charge in [0.15, 0.2) is 0 Å². The molecule has 7 heteroatoms. The maximum absolute atomic E-state index is 12.6. The number of carbonyl (C=O) groups excluding carboxylic acids is 3. The van der Waals surface area contributed by atoms with Gasteiger partial charge in [-0.2, -0.15) is 0 Å². The Morgan fingerprint density at radius 2 is 1.76 bits per heavy atom. The van der Waals surface area contributed by atoms with Crippen LogP contribution in [0.3, 0.4) is 0 Å². The van der Waals surface area contributed by atoms with Crippen LogP contribution in [0, 0.1) is 0 Å². The molecule has 152 valence electrons. The summed E-state index contributed by atoms with van der Waals surface area (Å²) in [6, 6.07) is 10.6. The number of amides is 3. The summed E-state index contributed by atoms with van der Waals surface area (Å²) in [4.78, 5) is 40.6. The molecular formula is C22H24N2O4S. The highest BCUT2D eigenvalue weighted by Crippen LogP contribution is 2.44. The number of thiophene rings is 1. The molecule has 1 aromatic carbocycles. The predicted molar refractivity (Wildman–Crippen MR) is 110 cm³/mol. The minimum atomic E-state index is -0.504. The second-order valence-corrected chi connectivity index (χ2v) is 9.00. The summed E-state index contributed by atoms with van der Waals surface area (Å²) >= 11 is 1.59. The number of fused-ring (bicyclic) bond motifs is 1. The van der Waals surface area contributed by atoms with Gasteiger partial charge in [-0.05, 0) is 44.0 Å². The van der Waals surface area contributed by atoms with Gasteiger partial charge in [-0.25, -0.2) is 0 Å². The number of rotatable bonds is 6. The SMILES string of the molecule is CC(O)c1ccc(C2(CNC(=O)CN3C(=O)c4ccccc4C3=O)CCCC2)s1. The van der Waals surface area contributed by atoms with E-state index in [-0.39, 0.29) is 17.9 Å². The number of carbonyl (C=O) groups is 3. The van der Waals surface area contributed by atoms with Gasteiger partial charge >= 0.3 is 0 Å². The molecule has 2 aromatic rings. The van der Waals surface area contributed by atoms with E-state index in [0.29, 0.717) is 17.7 Å². The van der Waals surface area contributed by atoms with E-state index in [1.807, 2.05) is 12.1 Å². The molecule has 1 aliphatic carbocycles. The lowest BCUT2D eigenvalue weighted by Crippen LogP contribution is -2.44. The molecule has 0 saturated heterocycles. The van der Waals surface area contributed by atoms with Crippen molar-refractivity contribution in [1.29, 1.82) is 0 Å². The summed E-state index contributed by atoms with van der Waals surface area (Å²) in [7, 11) is 0. The Kier molecular flexibility index (Phi) is 5.27. The number of imide groups is 1. The summed E-state index contributed by atoms with van der Waals surface area (Å²) in [6.45, 7) is 1.95. The zero-order valence-electron chi connectivity index (χ0n) is 16.3. The summed E-state index contributed by atoms with van der Waals surface area (Å²) < 4.78 is 0. The summed E-state index contributed by atoms with van der Waals surface area (Å²) in [5, 5.41) is 12.8. The van der Waals surface area contributed by atoms with Gasteiger partial charge in [0.2, 0.25) is 5.91 Å². The lowest BCUT2D eigenvalue weighted by Gasteiger charge is -2.28. The average molecular weight is 413 g/mol. The van der Waals surface area contributed by atoms with E-state index in [4.69, 9.17) is 0 Å². The fourth-order valence-electron chi connectivity index (χ4n) is 4.27. The fraction of sp³-hybridized carbons (Fsp3) is 0.409. The Morgan fingerprint density at radius 3 is 2.31 bits per heavy atom. The Bertz CT molecular complexity index is 924. The first-order valence-electron chi connectivity index (χ1n) is 9.91. The quantitative estimate of drug-likeness (QED) is 0.714. The Balaban J connectivity index is 1.43. The van der Waals surface area contributed by atoms with Gasteiger partial charge in [0.25, 0.3) is 11.8 Å². The van der Waals surface area contributed by atoms with E-state index in [1.54, 1.807) is 42.5 Å². The lowest BCUT2D eigenvalue weighted by atomic mass is 9.84. The second kappa shape index (κ2) is 7.72. The standard InChI is InChI=1S/C22H24N2O4S/c1-14(25)17-8-9-18(29-17)22(10-4-5-11-22)13-23-19(26)12-24-20(27)15-6-2-3-7-16(15)21(24)28/h2-3,6-9,14,25H,4-5,10-13H2,1H3,(H,23,26). The van der Waals surface area contributed by atoms with Gasteiger partial charge in [0.1, 0.15) is 6.54 Å². The third kappa shape index (κ3) is 3.60. The van der Waals surface area contributed by atoms with Gasteiger partial charge < -0.3 is 10.4 Å². The number of benzene rings is 1. The number of hydrogen-bond donors (Lipinski definition) is 2. The van der Waals surface area contributed by atoms with E-state index in [0.717, 1.165) is 35.5 Å². The zero-order valence-corrected chi connectivity index (χ0v) is 17.1. The molecule has 1 aliphatic heterocycles. The molecule has 3 amide bonds. The molecular weight excluding hydrogens is 388 g/mol. The van der Waals surface area contributed by atoms with Crippen LogP contribution in [-0.2, 0) is 10.2 Å². The van der Waals surface area contributed by atoms with Crippen LogP contribution in [0.15, 0.2) is 36.4 Å². The first kappa shape index (κ1) is 19.8. The monoisotopic (exact) mass is 412 g/mol. The minimum Gasteiger partial charge on any atom is -0.388 e. The normalized spacial score (nSPS) is 18.8. The van der Waals surface area contributed by atoms with Crippen molar-refractivity contribution < 1.29 is 19.5 Å². The average Bonchev–Trinajstić information content (AvgIpc) is 3.43. The molecule has 6 nitrogen and oxygen atoms in total. The molecule has 0 bridgehead atoms. The maximum atomic E-state index is 12.6. The highest BCUT2D eigenvalue weighted by Gasteiger charge is 2.39. The van der Waals surface area contributed by atoms with E-state index in [2.05, 4.69) is 5.32 Å². The maximum Gasteiger partial charge on any atom is 0.262 e. The largest absolute Gasteiger partial charge is 0.388 e. The predicted octanol–water partition coefficient (Wildman–Crippen LogP) is 3.03. The molecule has 0 spiro atoms. The third-order valence-electron chi connectivity index (χ3n) is 5.93. The molecule has 1 fully saturated rings. The molecule has 29 heavy (non-hydrogen) atoms. The zero-order chi connectivity index (χ0) is 20.6. The van der Waals surface area contributed by atoms with Crippen molar-refractivity contribution in [3.05, 3.63) is 57.3 Å². The van der Waals surface area contributed by atoms with E-state index in [9.17, 15) is 19.5 Å². The van der Waals surface area contributed by atoms with Crippen LogP contribution in [0.2, 0.25) is 0 Å². The van der Waals surface area contributed by atoms with Crippen LogP contribution < -0.4 is 5.32 Å². The first-order valence-corrected chi connectivity index (χ1v) is 10.7. The van der Waals surface area contributed by atoms with Gasteiger partial charge in [0, 0.05) is 21.7 Å². The lowest BCUT2D eigenvalue weighted by molar-refractivity contribution is -0.121. The molecule has 0 radical (unpaired) electrons. The van der Waals surface area contributed by atoms with Gasteiger partial charge in [-0.15, -0.1) is 11.3 Å². The summed E-state index contributed by atoms with van der Waals surface area (Å²) in [6.07, 6.45) is 3.63. The molecule has 1 saturated carbocycles. The summed E-state index contributed by atoms with van der Waals surface area (Å²) in [5.41, 5.74) is 0.554. The van der Waals surface area contributed by atoms with Crippen LogP contribution in [0.1, 0.15) is 69.2 Å². The Labute approximate surface area is 173 Å². The van der Waals surface area contributed by atoms with Gasteiger partial charge in [-0.1, -0.05) is 25.0 Å². The molecule has 1 unspecified atom stereocenters. The van der Waals surface area contributed by atoms with Crippen LogP contribution in [0.4, 0.5) is 0 Å². The third-order valence-corrected chi connectivity index (χ3v) is 7.43. The van der Waals surface area contributed by atoms with Crippen molar-refractivity contribution >= 4 is 29.1 Å². The highest BCUT2D eigenvalue weighted by molar-refractivity contribution is 7.12. The van der Waals surface area contributed by atoms with Gasteiger partial charge in [0.05, 0.1) is 17.2 Å². The topological polar surface area (TPSA) is 86.7 Å². The van der Waals surface area contributed by atoms with E-state index in [1.165, 1.54) is 4.88 Å². The second-order valence-electron chi connectivity index (χ2n) is 7.88. The number of aliphatic hydroxyl groups excluding tert-OH is 1. The van der Waals surface area contributed by atoms with Crippen LogP contribution in [-0.4, -0.2) is 40.8 Å². The van der Waals surface area contributed by atoms with Crippen LogP contribution in [0.25, 0.3) is 0 Å². The smallest absolute Gasteiger partial charge is 0.262 e. The van der Waals surface area contributed by atoms with Crippen molar-refractivity contribution in [3.63, 3.8) is 0 Å². The molecule has 2 heterocycles. The number of nitrogens with zero attached hydrogens (tertiary/aromatic N) is 1. The molecule has 2 aliphatic rings. The van der Waals surface area contributed by atoms with Crippen LogP contribution in [0.5, 0.6) is 0 Å². The Morgan fingerprint density at radius 1 is 1.14 bits per heavy atom. The number of aliphatic hydroxyl groups is 1. The van der Waals surface area contributed by atoms with Crippen molar-refractivity contribution in [2.45, 2.75) is 44.1 Å². The highest BCUT2D eigenvalue weighted by atomic mass is 32.1. The molecule has 1 aromatic heterocycles. The number of hydrogen-bond acceptors (Lipinski definition) is 5. The van der Waals surface area contributed by atoms with E-state index < -0.39 is 17.9 Å². The molecule has 4 rings (SSSR count). The van der Waals surface area contributed by atoms with Crippen molar-refractivity contribution in [1.82, 2.24) is 10.2 Å². The van der Waals surface area contributed by atoms with Crippen molar-refractivity contribution in [2.75, 3.05) is 13.1 Å². The van der Waals surface area contributed by atoms with Gasteiger partial charge in [-0.3, -0.25) is 19.3 Å². The van der Waals surface area contributed by atoms with E-state index >= 15 is 0 Å². The number of nitrogens with one attached hydrogen (secondary N) is 1. The summed E-state index contributed by atoms with van der Waals surface area (Å²) in [5.74, 6) is -1.18. The minimum absolute atomic E-state index is 0.143. The first-order chi connectivity index (χ1) is 13.9. The Hall–Kier alpha value is -2.51. The molecule has 2 N–H and O–H groups in total. The van der Waals surface area contributed by atoms with Crippen LogP contribution >= 0.6 is 11.3 Å². The fourth-order valence-corrected chi connectivity index (χ4v) is 5.46. The van der Waals surface area contributed by atoms with Crippen molar-refractivity contribution in [3.8, 4) is 0 Å². The molecule has 1 atom stereocenters.